The average Bonchev–Trinajstić information content (AvgIpc) is 2.62. The number of halogens is 1. The van der Waals surface area contributed by atoms with E-state index in [2.05, 4.69) is 27.9 Å². The van der Waals surface area contributed by atoms with Gasteiger partial charge in [0.1, 0.15) is 18.8 Å². The smallest absolute Gasteiger partial charge is 0.305 e. The zero-order valence-corrected chi connectivity index (χ0v) is 19.3. The molecule has 0 aliphatic carbocycles. The van der Waals surface area contributed by atoms with E-state index in [1.807, 2.05) is 0 Å². The van der Waals surface area contributed by atoms with Gasteiger partial charge in [0.05, 0.1) is 0 Å². The van der Waals surface area contributed by atoms with E-state index in [-0.39, 0.29) is 13.0 Å². The molecular weight excluding hydrogens is 517 g/mol. The van der Waals surface area contributed by atoms with Gasteiger partial charge in [0.25, 0.3) is 0 Å². The van der Waals surface area contributed by atoms with Gasteiger partial charge >= 0.3 is 23.9 Å². The van der Waals surface area contributed by atoms with E-state index in [1.165, 1.54) is 6.92 Å². The molecule has 1 heterocycles. The molecule has 12 heteroatoms. The van der Waals surface area contributed by atoms with E-state index in [9.17, 15) is 24.0 Å². The van der Waals surface area contributed by atoms with Crippen molar-refractivity contribution in [2.45, 2.75) is 71.2 Å². The van der Waals surface area contributed by atoms with E-state index >= 15 is 0 Å². The fourth-order valence-electron chi connectivity index (χ4n) is 2.81. The second kappa shape index (κ2) is 12.7. The summed E-state index contributed by atoms with van der Waals surface area (Å²) in [5, 5.41) is 2.63. The Hall–Kier alpha value is -1.96. The van der Waals surface area contributed by atoms with Gasteiger partial charge in [0.2, 0.25) is 12.2 Å². The lowest BCUT2D eigenvalue weighted by Crippen LogP contribution is -2.67. The van der Waals surface area contributed by atoms with Gasteiger partial charge in [-0.25, -0.2) is 0 Å². The molecule has 170 valence electrons. The summed E-state index contributed by atoms with van der Waals surface area (Å²) in [6.45, 7) is 4.22. The first-order valence-electron chi connectivity index (χ1n) is 9.21. The molecule has 0 saturated carbocycles. The minimum atomic E-state index is -1.37. The van der Waals surface area contributed by atoms with Crippen molar-refractivity contribution in [3.63, 3.8) is 0 Å². The minimum absolute atomic E-state index is 0.175. The van der Waals surface area contributed by atoms with Crippen LogP contribution in [0.3, 0.4) is 0 Å². The third kappa shape index (κ3) is 8.81. The van der Waals surface area contributed by atoms with Crippen LogP contribution in [-0.2, 0) is 47.7 Å². The first-order valence-corrected chi connectivity index (χ1v) is 10.7. The summed E-state index contributed by atoms with van der Waals surface area (Å²) in [4.78, 5) is 58.5. The molecule has 1 aliphatic rings. The van der Waals surface area contributed by atoms with Gasteiger partial charge in [-0.2, -0.15) is 0 Å². The molecule has 1 N–H and O–H groups in total. The quantitative estimate of drug-likeness (QED) is 0.188. The number of ether oxygens (including phenoxy) is 5. The van der Waals surface area contributed by atoms with E-state index in [4.69, 9.17) is 23.7 Å². The molecule has 0 radical (unpaired) electrons. The molecule has 1 amide bonds. The van der Waals surface area contributed by atoms with Crippen LogP contribution >= 0.6 is 22.6 Å². The Balaban J connectivity index is 3.28. The van der Waals surface area contributed by atoms with E-state index in [0.29, 0.717) is 6.42 Å². The number of esters is 4. The summed E-state index contributed by atoms with van der Waals surface area (Å²) in [6.07, 6.45) is -4.20. The van der Waals surface area contributed by atoms with Crippen molar-refractivity contribution in [2.75, 3.05) is 11.0 Å². The van der Waals surface area contributed by atoms with Gasteiger partial charge in [-0.3, -0.25) is 24.0 Å². The Morgan fingerprint density at radius 3 is 1.93 bits per heavy atom. The number of alkyl halides is 1. The Kier molecular flexibility index (Phi) is 11.0. The second-order valence-corrected chi connectivity index (χ2v) is 7.57. The van der Waals surface area contributed by atoms with Crippen molar-refractivity contribution in [2.24, 2.45) is 0 Å². The molecule has 1 unspecified atom stereocenters. The molecule has 0 aromatic carbocycles. The van der Waals surface area contributed by atoms with Crippen LogP contribution in [0, 0.1) is 0 Å². The van der Waals surface area contributed by atoms with Crippen LogP contribution in [0.25, 0.3) is 0 Å². The summed E-state index contributed by atoms with van der Waals surface area (Å²) < 4.78 is 27.1. The van der Waals surface area contributed by atoms with Crippen molar-refractivity contribution in [3.05, 3.63) is 0 Å². The SMILES string of the molecule is CC(=O)OC[C@H]1OC(OC(C)=O)[C@H](NC(=O)CCCI)[C@@H](OC(C)=O)[C@@H]1OC(C)=O. The molecule has 1 aliphatic heterocycles. The molecule has 11 nitrogen and oxygen atoms in total. The first-order chi connectivity index (χ1) is 14.0. The van der Waals surface area contributed by atoms with E-state index in [1.54, 1.807) is 0 Å². The molecule has 0 aromatic rings. The van der Waals surface area contributed by atoms with Gasteiger partial charge in [-0.05, 0) is 6.42 Å². The Bertz CT molecular complexity index is 655. The van der Waals surface area contributed by atoms with Gasteiger partial charge in [0.15, 0.2) is 12.2 Å². The number of rotatable bonds is 9. The van der Waals surface area contributed by atoms with E-state index in [0.717, 1.165) is 25.2 Å². The minimum Gasteiger partial charge on any atom is -0.463 e. The van der Waals surface area contributed by atoms with Crippen LogP contribution in [0.4, 0.5) is 0 Å². The predicted molar refractivity (Wildman–Crippen MR) is 108 cm³/mol. The maximum atomic E-state index is 12.3. The number of hydrogen-bond acceptors (Lipinski definition) is 10. The number of carbonyl (C=O) groups excluding carboxylic acids is 5. The maximum absolute atomic E-state index is 12.3. The van der Waals surface area contributed by atoms with Crippen molar-refractivity contribution in [1.82, 2.24) is 5.32 Å². The molecule has 0 aromatic heterocycles. The van der Waals surface area contributed by atoms with Crippen LogP contribution in [0.15, 0.2) is 0 Å². The molecule has 1 saturated heterocycles. The summed E-state index contributed by atoms with van der Waals surface area (Å²) >= 11 is 2.12. The molecule has 0 bridgehead atoms. The highest BCUT2D eigenvalue weighted by molar-refractivity contribution is 14.1. The lowest BCUT2D eigenvalue weighted by atomic mass is 9.96. The van der Waals surface area contributed by atoms with Crippen LogP contribution in [0.1, 0.15) is 40.5 Å². The fourth-order valence-corrected chi connectivity index (χ4v) is 3.19. The van der Waals surface area contributed by atoms with Crippen molar-refractivity contribution in [1.29, 1.82) is 0 Å². The van der Waals surface area contributed by atoms with Crippen molar-refractivity contribution < 1.29 is 47.7 Å². The fraction of sp³-hybridized carbons (Fsp3) is 0.722. The predicted octanol–water partition coefficient (Wildman–Crippen LogP) is 0.401. The standard InChI is InChI=1S/C18H26INO10/c1-9(21)26-8-13-16(27-10(2)22)17(28-11(3)23)15(18(30-13)29-12(4)24)20-14(25)6-5-7-19/h13,15-18H,5-8H2,1-4H3,(H,20,25)/t13-,15-,16-,17-,18?/m1/s1. The van der Waals surface area contributed by atoms with Crippen LogP contribution in [0.5, 0.6) is 0 Å². The van der Waals surface area contributed by atoms with Crippen LogP contribution in [-0.4, -0.2) is 71.5 Å². The Labute approximate surface area is 187 Å². The average molecular weight is 543 g/mol. The summed E-state index contributed by atoms with van der Waals surface area (Å²) in [5.74, 6) is -3.17. The van der Waals surface area contributed by atoms with Crippen molar-refractivity contribution >= 4 is 52.4 Å². The monoisotopic (exact) mass is 543 g/mol. The molecule has 1 fully saturated rings. The number of hydrogen-bond donors (Lipinski definition) is 1. The molecule has 5 atom stereocenters. The third-order valence-electron chi connectivity index (χ3n) is 3.85. The van der Waals surface area contributed by atoms with Crippen LogP contribution < -0.4 is 5.32 Å². The molecular formula is C18H26INO10. The Morgan fingerprint density at radius 2 is 1.43 bits per heavy atom. The lowest BCUT2D eigenvalue weighted by molar-refractivity contribution is -0.271. The van der Waals surface area contributed by atoms with Gasteiger partial charge in [-0.1, -0.05) is 22.6 Å². The topological polar surface area (TPSA) is 144 Å². The van der Waals surface area contributed by atoms with Crippen LogP contribution in [0.2, 0.25) is 0 Å². The normalized spacial score (nSPS) is 25.6. The molecule has 30 heavy (non-hydrogen) atoms. The summed E-state index contributed by atoms with van der Waals surface area (Å²) in [5.41, 5.74) is 0. The highest BCUT2D eigenvalue weighted by Gasteiger charge is 2.52. The number of amides is 1. The third-order valence-corrected chi connectivity index (χ3v) is 4.61. The van der Waals surface area contributed by atoms with Gasteiger partial charge < -0.3 is 29.0 Å². The molecule has 0 spiro atoms. The second-order valence-electron chi connectivity index (χ2n) is 6.49. The van der Waals surface area contributed by atoms with Gasteiger partial charge in [0, 0.05) is 38.5 Å². The summed E-state index contributed by atoms with van der Waals surface area (Å²) in [7, 11) is 0. The zero-order chi connectivity index (χ0) is 22.8. The number of carbonyl (C=O) groups is 5. The Morgan fingerprint density at radius 1 is 0.867 bits per heavy atom. The first kappa shape index (κ1) is 26.1. The molecule has 1 rings (SSSR count). The largest absolute Gasteiger partial charge is 0.463 e. The number of nitrogens with one attached hydrogen (secondary N) is 1. The highest BCUT2D eigenvalue weighted by atomic mass is 127. The highest BCUT2D eigenvalue weighted by Crippen LogP contribution is 2.28. The summed E-state index contributed by atoms with van der Waals surface area (Å²) in [6, 6.07) is -1.16. The lowest BCUT2D eigenvalue weighted by Gasteiger charge is -2.44. The van der Waals surface area contributed by atoms with E-state index < -0.39 is 60.4 Å². The zero-order valence-electron chi connectivity index (χ0n) is 17.2. The van der Waals surface area contributed by atoms with Gasteiger partial charge in [-0.15, -0.1) is 0 Å². The maximum Gasteiger partial charge on any atom is 0.305 e. The van der Waals surface area contributed by atoms with Crippen molar-refractivity contribution in [3.8, 4) is 0 Å².